The highest BCUT2D eigenvalue weighted by atomic mass is 16.8. The average molecular weight is 1030 g/mol. The van der Waals surface area contributed by atoms with Crippen LogP contribution in [0.1, 0.15) is 194 Å². The highest BCUT2D eigenvalue weighted by Gasteiger charge is 2.53. The van der Waals surface area contributed by atoms with Gasteiger partial charge in [-0.25, -0.2) is 0 Å². The lowest BCUT2D eigenvalue weighted by molar-refractivity contribution is -0.379. The van der Waals surface area contributed by atoms with Gasteiger partial charge < -0.3 is 89.9 Å². The van der Waals surface area contributed by atoms with Crippen molar-refractivity contribution in [2.75, 3.05) is 26.4 Å². The third-order valence-electron chi connectivity index (χ3n) is 14.4. The molecule has 0 aliphatic carbocycles. The highest BCUT2D eigenvalue weighted by molar-refractivity contribution is 5.76. The minimum atomic E-state index is -1.97. The number of hydrogen-bond acceptors (Lipinski definition) is 18. The Morgan fingerprint density at radius 1 is 0.451 bits per heavy atom. The van der Waals surface area contributed by atoms with E-state index >= 15 is 0 Å². The summed E-state index contributed by atoms with van der Waals surface area (Å²) in [5.41, 5.74) is 0. The first-order valence-electron chi connectivity index (χ1n) is 27.8. The Hall–Kier alpha value is -1.21. The van der Waals surface area contributed by atoms with Gasteiger partial charge in [-0.15, -0.1) is 0 Å². The summed E-state index contributed by atoms with van der Waals surface area (Å²) < 4.78 is 34.0. The maximum absolute atomic E-state index is 12.8. The summed E-state index contributed by atoms with van der Waals surface area (Å²) in [6.45, 7) is 1.53. The molecule has 420 valence electrons. The topological polar surface area (TPSA) is 307 Å². The molecule has 0 aromatic rings. The van der Waals surface area contributed by atoms with Crippen molar-refractivity contribution >= 4 is 5.91 Å². The molecule has 19 nitrogen and oxygen atoms in total. The Morgan fingerprint density at radius 2 is 0.803 bits per heavy atom. The van der Waals surface area contributed by atoms with Gasteiger partial charge in [0.1, 0.15) is 73.2 Å². The van der Waals surface area contributed by atoms with Crippen LogP contribution in [-0.2, 0) is 33.2 Å². The van der Waals surface area contributed by atoms with Gasteiger partial charge in [-0.2, -0.15) is 0 Å². The predicted octanol–water partition coefficient (Wildman–Crippen LogP) is 3.26. The maximum Gasteiger partial charge on any atom is 0.220 e. The third kappa shape index (κ3) is 22.9. The van der Waals surface area contributed by atoms with Gasteiger partial charge in [0, 0.05) is 6.42 Å². The predicted molar refractivity (Wildman–Crippen MR) is 264 cm³/mol. The van der Waals surface area contributed by atoms with Gasteiger partial charge in [0.05, 0.1) is 38.6 Å². The van der Waals surface area contributed by atoms with Gasteiger partial charge >= 0.3 is 0 Å². The first-order chi connectivity index (χ1) is 34.3. The maximum atomic E-state index is 12.8. The molecule has 3 fully saturated rings. The molecule has 0 aromatic heterocycles. The molecule has 17 unspecified atom stereocenters. The van der Waals surface area contributed by atoms with E-state index in [0.29, 0.717) is 12.8 Å². The number of unbranched alkanes of at least 4 members (excludes halogenated alkanes) is 24. The molecule has 0 bridgehead atoms. The minimum Gasteiger partial charge on any atom is -0.394 e. The highest BCUT2D eigenvalue weighted by Crippen LogP contribution is 2.33. The largest absolute Gasteiger partial charge is 0.394 e. The fraction of sp³-hybridized carbons (Fsp3) is 0.981. The molecule has 3 rings (SSSR count). The first kappa shape index (κ1) is 64.1. The molecule has 12 N–H and O–H groups in total. The number of carbonyl (C=O) groups excluding carboxylic acids is 1. The van der Waals surface area contributed by atoms with Crippen molar-refractivity contribution in [1.82, 2.24) is 5.32 Å². The Balaban J connectivity index is 1.36. The van der Waals surface area contributed by atoms with Crippen molar-refractivity contribution in [2.24, 2.45) is 0 Å². The van der Waals surface area contributed by atoms with Gasteiger partial charge in [-0.3, -0.25) is 4.79 Å². The Bertz CT molecular complexity index is 1320. The Morgan fingerprint density at radius 3 is 1.21 bits per heavy atom. The van der Waals surface area contributed by atoms with Crippen molar-refractivity contribution in [1.29, 1.82) is 0 Å². The number of nitrogens with one attached hydrogen (secondary N) is 1. The number of ether oxygens (including phenoxy) is 6. The smallest absolute Gasteiger partial charge is 0.220 e. The van der Waals surface area contributed by atoms with Crippen LogP contribution in [0.3, 0.4) is 0 Å². The summed E-state index contributed by atoms with van der Waals surface area (Å²) >= 11 is 0. The van der Waals surface area contributed by atoms with Crippen LogP contribution in [0.15, 0.2) is 0 Å². The van der Waals surface area contributed by atoms with E-state index in [9.17, 15) is 61.0 Å². The average Bonchev–Trinajstić information content (AvgIpc) is 3.37. The van der Waals surface area contributed by atoms with E-state index in [4.69, 9.17) is 28.4 Å². The quantitative estimate of drug-likeness (QED) is 0.0392. The molecule has 1 amide bonds. The molecule has 17 atom stereocenters. The fourth-order valence-electron chi connectivity index (χ4n) is 9.76. The molecule has 71 heavy (non-hydrogen) atoms. The number of amides is 1. The molecule has 0 aromatic carbocycles. The zero-order valence-electron chi connectivity index (χ0n) is 43.2. The third-order valence-corrected chi connectivity index (χ3v) is 14.4. The van der Waals surface area contributed by atoms with Gasteiger partial charge in [0.15, 0.2) is 18.9 Å². The fourth-order valence-corrected chi connectivity index (χ4v) is 9.76. The van der Waals surface area contributed by atoms with E-state index in [1.807, 2.05) is 6.92 Å². The van der Waals surface area contributed by atoms with E-state index in [-0.39, 0.29) is 18.9 Å². The van der Waals surface area contributed by atoms with Crippen LogP contribution in [0.2, 0.25) is 0 Å². The molecule has 0 saturated carbocycles. The molecular formula is C52H99NO18. The van der Waals surface area contributed by atoms with Crippen molar-refractivity contribution in [3.8, 4) is 0 Å². The second-order valence-electron chi connectivity index (χ2n) is 20.4. The van der Waals surface area contributed by atoms with E-state index in [0.717, 1.165) is 32.1 Å². The zero-order valence-corrected chi connectivity index (χ0v) is 43.2. The van der Waals surface area contributed by atoms with Crippen molar-refractivity contribution < 1.29 is 89.4 Å². The van der Waals surface area contributed by atoms with Gasteiger partial charge in [-0.1, -0.05) is 174 Å². The SMILES string of the molecule is CCCCCCCCCCCCCCCCCCCCCCCCCCC(O)C(COC1OC(CO)C(OC2OC(CO)C(OC3OC(CO)C(O)C(O)C3O)C(O)C2O)C(O)C1O)NC(=O)CCCC. The van der Waals surface area contributed by atoms with Crippen LogP contribution in [0.25, 0.3) is 0 Å². The molecule has 3 aliphatic rings. The first-order valence-corrected chi connectivity index (χ1v) is 27.8. The standard InChI is InChI=1S/C52H99NO18/c1-3-5-7-8-9-10-11-12-13-14-15-16-17-18-19-20-21-22-23-24-25-26-27-28-29-36(57)35(53-40(58)30-6-4-2)34-66-50-46(64)43(61)48(38(32-55)68-50)71-52-47(65)44(62)49(39(33-56)69-52)70-51-45(63)42(60)41(59)37(31-54)67-51/h35-39,41-52,54-57,59-65H,3-34H2,1-2H3,(H,53,58). The molecule has 19 heteroatoms. The van der Waals surface area contributed by atoms with E-state index in [1.54, 1.807) is 0 Å². The molecule has 3 aliphatic heterocycles. The molecule has 3 saturated heterocycles. The summed E-state index contributed by atoms with van der Waals surface area (Å²) in [5.74, 6) is -0.277. The monoisotopic (exact) mass is 1030 g/mol. The lowest BCUT2D eigenvalue weighted by Crippen LogP contribution is -2.66. The summed E-state index contributed by atoms with van der Waals surface area (Å²) in [5, 5.41) is 119. The van der Waals surface area contributed by atoms with Crippen LogP contribution >= 0.6 is 0 Å². The summed E-state index contributed by atoms with van der Waals surface area (Å²) in [7, 11) is 0. The second kappa shape index (κ2) is 37.5. The van der Waals surface area contributed by atoms with Crippen molar-refractivity contribution in [3.63, 3.8) is 0 Å². The summed E-state index contributed by atoms with van der Waals surface area (Å²) in [4.78, 5) is 12.8. The van der Waals surface area contributed by atoms with Crippen LogP contribution in [0.5, 0.6) is 0 Å². The van der Waals surface area contributed by atoms with Crippen LogP contribution in [-0.4, -0.2) is 193 Å². The van der Waals surface area contributed by atoms with E-state index in [1.165, 1.54) is 128 Å². The van der Waals surface area contributed by atoms with Crippen LogP contribution in [0.4, 0.5) is 0 Å². The van der Waals surface area contributed by atoms with Crippen molar-refractivity contribution in [2.45, 2.75) is 298 Å². The van der Waals surface area contributed by atoms with Gasteiger partial charge in [-0.05, 0) is 12.8 Å². The van der Waals surface area contributed by atoms with Crippen LogP contribution < -0.4 is 5.32 Å². The van der Waals surface area contributed by atoms with Crippen LogP contribution in [0, 0.1) is 0 Å². The van der Waals surface area contributed by atoms with E-state index in [2.05, 4.69) is 12.2 Å². The minimum absolute atomic E-state index is 0.244. The zero-order chi connectivity index (χ0) is 52.0. The lowest BCUT2D eigenvalue weighted by atomic mass is 9.96. The van der Waals surface area contributed by atoms with Crippen molar-refractivity contribution in [3.05, 3.63) is 0 Å². The second-order valence-corrected chi connectivity index (χ2v) is 20.4. The number of carbonyl (C=O) groups is 1. The number of hydrogen-bond donors (Lipinski definition) is 12. The number of rotatable bonds is 40. The summed E-state index contributed by atoms with van der Waals surface area (Å²) in [6, 6.07) is -0.876. The molecule has 0 radical (unpaired) electrons. The molecular weight excluding hydrogens is 927 g/mol. The molecule has 0 spiro atoms. The Kier molecular flexibility index (Phi) is 33.9. The number of aliphatic hydroxyl groups excluding tert-OH is 11. The number of aliphatic hydroxyl groups is 11. The normalized spacial score (nSPS) is 32.2. The van der Waals surface area contributed by atoms with Gasteiger partial charge in [0.2, 0.25) is 5.91 Å². The van der Waals surface area contributed by atoms with E-state index < -0.39 is 124 Å². The lowest BCUT2D eigenvalue weighted by Gasteiger charge is -2.48. The van der Waals surface area contributed by atoms with Gasteiger partial charge in [0.25, 0.3) is 0 Å². The Labute approximate surface area is 423 Å². The molecule has 3 heterocycles. The summed E-state index contributed by atoms with van der Waals surface area (Å²) in [6.07, 6.45) is 6.55.